The SMILES string of the molecule is Cc1[nH]c2cc(F)ccc2c1CCl. The van der Waals surface area contributed by atoms with Gasteiger partial charge in [0, 0.05) is 22.5 Å². The number of aryl methyl sites for hydroxylation is 1. The van der Waals surface area contributed by atoms with Crippen molar-refractivity contribution in [3.05, 3.63) is 35.3 Å². The highest BCUT2D eigenvalue weighted by Crippen LogP contribution is 2.23. The average molecular weight is 198 g/mol. The molecular weight excluding hydrogens is 189 g/mol. The molecular formula is C10H9ClFN. The fraction of sp³-hybridized carbons (Fsp3) is 0.200. The van der Waals surface area contributed by atoms with Crippen molar-refractivity contribution in [3.63, 3.8) is 0 Å². The minimum Gasteiger partial charge on any atom is -0.358 e. The van der Waals surface area contributed by atoms with Crippen LogP contribution in [0.2, 0.25) is 0 Å². The molecule has 1 aromatic carbocycles. The second-order valence-electron chi connectivity index (χ2n) is 3.05. The smallest absolute Gasteiger partial charge is 0.125 e. The second-order valence-corrected chi connectivity index (χ2v) is 3.32. The van der Waals surface area contributed by atoms with Crippen LogP contribution in [0.5, 0.6) is 0 Å². The molecule has 0 saturated carbocycles. The van der Waals surface area contributed by atoms with Crippen molar-refractivity contribution in [2.45, 2.75) is 12.8 Å². The maximum Gasteiger partial charge on any atom is 0.125 e. The third-order valence-electron chi connectivity index (χ3n) is 2.22. The molecule has 0 amide bonds. The van der Waals surface area contributed by atoms with Gasteiger partial charge in [-0.3, -0.25) is 0 Å². The van der Waals surface area contributed by atoms with Crippen molar-refractivity contribution in [2.24, 2.45) is 0 Å². The quantitative estimate of drug-likeness (QED) is 0.675. The first-order valence-corrected chi connectivity index (χ1v) is 4.58. The van der Waals surface area contributed by atoms with Crippen LogP contribution in [-0.4, -0.2) is 4.98 Å². The molecule has 0 saturated heterocycles. The van der Waals surface area contributed by atoms with Crippen LogP contribution in [0.1, 0.15) is 11.3 Å². The van der Waals surface area contributed by atoms with Crippen molar-refractivity contribution in [1.82, 2.24) is 4.98 Å². The zero-order valence-electron chi connectivity index (χ0n) is 7.20. The lowest BCUT2D eigenvalue weighted by Crippen LogP contribution is -1.78. The number of benzene rings is 1. The van der Waals surface area contributed by atoms with Crippen molar-refractivity contribution >= 4 is 22.5 Å². The largest absolute Gasteiger partial charge is 0.358 e. The molecule has 13 heavy (non-hydrogen) atoms. The minimum absolute atomic E-state index is 0.227. The molecule has 1 N–H and O–H groups in total. The summed E-state index contributed by atoms with van der Waals surface area (Å²) in [5.74, 6) is 0.229. The van der Waals surface area contributed by atoms with E-state index < -0.39 is 0 Å². The molecule has 1 nitrogen and oxygen atoms in total. The van der Waals surface area contributed by atoms with Crippen molar-refractivity contribution in [3.8, 4) is 0 Å². The first-order chi connectivity index (χ1) is 6.22. The summed E-state index contributed by atoms with van der Waals surface area (Å²) in [6, 6.07) is 4.69. The molecule has 68 valence electrons. The van der Waals surface area contributed by atoms with Crippen LogP contribution < -0.4 is 0 Å². The molecule has 2 aromatic rings. The van der Waals surface area contributed by atoms with Crippen molar-refractivity contribution in [2.75, 3.05) is 0 Å². The molecule has 0 spiro atoms. The number of aromatic amines is 1. The monoisotopic (exact) mass is 197 g/mol. The Labute approximate surface area is 80.5 Å². The number of hydrogen-bond donors (Lipinski definition) is 1. The van der Waals surface area contributed by atoms with E-state index in [9.17, 15) is 4.39 Å². The van der Waals surface area contributed by atoms with Gasteiger partial charge in [-0.15, -0.1) is 11.6 Å². The molecule has 0 radical (unpaired) electrons. The Balaban J connectivity index is 2.79. The Morgan fingerprint density at radius 2 is 2.23 bits per heavy atom. The van der Waals surface area contributed by atoms with E-state index in [0.29, 0.717) is 5.88 Å². The van der Waals surface area contributed by atoms with Crippen molar-refractivity contribution < 1.29 is 4.39 Å². The number of fused-ring (bicyclic) bond motifs is 1. The van der Waals surface area contributed by atoms with Crippen LogP contribution >= 0.6 is 11.6 Å². The molecule has 0 fully saturated rings. The van der Waals surface area contributed by atoms with Gasteiger partial charge in [0.15, 0.2) is 0 Å². The average Bonchev–Trinajstić information content (AvgIpc) is 2.39. The van der Waals surface area contributed by atoms with E-state index in [1.165, 1.54) is 12.1 Å². The number of rotatable bonds is 1. The van der Waals surface area contributed by atoms with E-state index in [1.54, 1.807) is 6.07 Å². The lowest BCUT2D eigenvalue weighted by molar-refractivity contribution is 0.629. The normalized spacial score (nSPS) is 11.0. The van der Waals surface area contributed by atoms with Crippen LogP contribution in [0.15, 0.2) is 18.2 Å². The van der Waals surface area contributed by atoms with Crippen LogP contribution in [0.25, 0.3) is 10.9 Å². The summed E-state index contributed by atoms with van der Waals surface area (Å²) in [7, 11) is 0. The molecule has 1 heterocycles. The maximum atomic E-state index is 12.8. The Morgan fingerprint density at radius 3 is 2.92 bits per heavy atom. The molecule has 0 aliphatic carbocycles. The molecule has 0 aliphatic rings. The summed E-state index contributed by atoms with van der Waals surface area (Å²) >= 11 is 5.78. The fourth-order valence-corrected chi connectivity index (χ4v) is 1.88. The highest BCUT2D eigenvalue weighted by Gasteiger charge is 2.06. The summed E-state index contributed by atoms with van der Waals surface area (Å²) in [5.41, 5.74) is 2.88. The van der Waals surface area contributed by atoms with Gasteiger partial charge in [0.2, 0.25) is 0 Å². The van der Waals surface area contributed by atoms with Gasteiger partial charge >= 0.3 is 0 Å². The van der Waals surface area contributed by atoms with Crippen LogP contribution in [0, 0.1) is 12.7 Å². The van der Waals surface area contributed by atoms with Gasteiger partial charge in [0.1, 0.15) is 5.82 Å². The fourth-order valence-electron chi connectivity index (χ4n) is 1.53. The third kappa shape index (κ3) is 1.31. The standard InChI is InChI=1S/C10H9ClFN/c1-6-9(5-11)8-3-2-7(12)4-10(8)13-6/h2-4,13H,5H2,1H3. The van der Waals surface area contributed by atoms with Gasteiger partial charge in [0.05, 0.1) is 0 Å². The lowest BCUT2D eigenvalue weighted by Gasteiger charge is -1.93. The van der Waals surface area contributed by atoms with Gasteiger partial charge < -0.3 is 4.98 Å². The number of aromatic nitrogens is 1. The van der Waals surface area contributed by atoms with Crippen LogP contribution in [0.3, 0.4) is 0 Å². The molecule has 0 atom stereocenters. The zero-order chi connectivity index (χ0) is 9.42. The van der Waals surface area contributed by atoms with E-state index in [1.807, 2.05) is 6.92 Å². The van der Waals surface area contributed by atoms with Gasteiger partial charge in [-0.2, -0.15) is 0 Å². The number of halogens is 2. The minimum atomic E-state index is -0.227. The van der Waals surface area contributed by atoms with E-state index in [4.69, 9.17) is 11.6 Å². The summed E-state index contributed by atoms with van der Waals surface area (Å²) in [4.78, 5) is 3.09. The number of nitrogens with one attached hydrogen (secondary N) is 1. The van der Waals surface area contributed by atoms with Gasteiger partial charge in [-0.1, -0.05) is 0 Å². The van der Waals surface area contributed by atoms with E-state index in [0.717, 1.165) is 22.2 Å². The van der Waals surface area contributed by atoms with Gasteiger partial charge in [-0.25, -0.2) is 4.39 Å². The van der Waals surface area contributed by atoms with E-state index >= 15 is 0 Å². The molecule has 2 rings (SSSR count). The summed E-state index contributed by atoms with van der Waals surface area (Å²) in [5, 5.41) is 1.01. The Morgan fingerprint density at radius 1 is 1.46 bits per heavy atom. The van der Waals surface area contributed by atoms with Gasteiger partial charge in [0.25, 0.3) is 0 Å². The third-order valence-corrected chi connectivity index (χ3v) is 2.48. The van der Waals surface area contributed by atoms with E-state index in [-0.39, 0.29) is 5.82 Å². The Hall–Kier alpha value is -1.02. The number of H-pyrrole nitrogens is 1. The predicted molar refractivity (Wildman–Crippen MR) is 52.6 cm³/mol. The zero-order valence-corrected chi connectivity index (χ0v) is 7.95. The van der Waals surface area contributed by atoms with Crippen LogP contribution in [-0.2, 0) is 5.88 Å². The molecule has 1 aromatic heterocycles. The lowest BCUT2D eigenvalue weighted by atomic mass is 10.1. The van der Waals surface area contributed by atoms with Crippen LogP contribution in [0.4, 0.5) is 4.39 Å². The molecule has 3 heteroatoms. The highest BCUT2D eigenvalue weighted by molar-refractivity contribution is 6.18. The highest BCUT2D eigenvalue weighted by atomic mass is 35.5. The Bertz CT molecular complexity index is 447. The van der Waals surface area contributed by atoms with Crippen molar-refractivity contribution in [1.29, 1.82) is 0 Å². The number of hydrogen-bond acceptors (Lipinski definition) is 0. The Kier molecular flexibility index (Phi) is 2.00. The molecule has 0 aliphatic heterocycles. The first-order valence-electron chi connectivity index (χ1n) is 4.05. The predicted octanol–water partition coefficient (Wildman–Crippen LogP) is 3.35. The van der Waals surface area contributed by atoms with E-state index in [2.05, 4.69) is 4.98 Å². The molecule has 0 bridgehead atoms. The molecule has 0 unspecified atom stereocenters. The summed E-state index contributed by atoms with van der Waals surface area (Å²) < 4.78 is 12.8. The maximum absolute atomic E-state index is 12.8. The number of alkyl halides is 1. The summed E-state index contributed by atoms with van der Waals surface area (Å²) in [6.45, 7) is 1.94. The van der Waals surface area contributed by atoms with Gasteiger partial charge in [-0.05, 0) is 30.7 Å². The second kappa shape index (κ2) is 3.04. The first kappa shape index (κ1) is 8.57. The summed E-state index contributed by atoms with van der Waals surface area (Å²) in [6.07, 6.45) is 0. The topological polar surface area (TPSA) is 15.8 Å².